The molecule has 8 heteroatoms. The van der Waals surface area contributed by atoms with Crippen molar-refractivity contribution in [2.45, 2.75) is 49.3 Å². The largest absolute Gasteiger partial charge is 0.339 e. The molecule has 0 N–H and O–H groups in total. The lowest BCUT2D eigenvalue weighted by Gasteiger charge is -2.30. The Balaban J connectivity index is 1.36. The number of aromatic nitrogens is 2. The number of nitrogens with zero attached hydrogens (tertiary/aromatic N) is 3. The van der Waals surface area contributed by atoms with Crippen LogP contribution in [0.1, 0.15) is 48.6 Å². The van der Waals surface area contributed by atoms with E-state index >= 15 is 0 Å². The number of aryl methyl sites for hydroxylation is 2. The van der Waals surface area contributed by atoms with E-state index in [1.807, 2.05) is 24.3 Å². The number of benzene rings is 2. The molecule has 0 unspecified atom stereocenters. The molecule has 1 saturated heterocycles. The van der Waals surface area contributed by atoms with Crippen LogP contribution in [0, 0.1) is 0 Å². The van der Waals surface area contributed by atoms with Crippen molar-refractivity contribution in [3.05, 3.63) is 64.5 Å². The second-order valence-corrected chi connectivity index (χ2v) is 10.7. The predicted octanol–water partition coefficient (Wildman–Crippen LogP) is 4.84. The van der Waals surface area contributed by atoms with Gasteiger partial charge < -0.3 is 4.52 Å². The summed E-state index contributed by atoms with van der Waals surface area (Å²) in [5, 5.41) is 4.73. The Hall–Kier alpha value is -2.22. The molecular formula is C23H24ClN3O3S. The Morgan fingerprint density at radius 2 is 1.77 bits per heavy atom. The summed E-state index contributed by atoms with van der Waals surface area (Å²) in [5.74, 6) is 0.853. The fourth-order valence-electron chi connectivity index (χ4n) is 4.50. The summed E-state index contributed by atoms with van der Waals surface area (Å²) in [6.45, 7) is 0.857. The van der Waals surface area contributed by atoms with Crippen LogP contribution in [-0.2, 0) is 22.9 Å². The highest BCUT2D eigenvalue weighted by atomic mass is 35.5. The van der Waals surface area contributed by atoms with E-state index in [4.69, 9.17) is 16.1 Å². The van der Waals surface area contributed by atoms with E-state index in [1.54, 1.807) is 22.5 Å². The molecule has 0 bridgehead atoms. The van der Waals surface area contributed by atoms with Gasteiger partial charge >= 0.3 is 0 Å². The minimum Gasteiger partial charge on any atom is -0.339 e. The standard InChI is InChI=1S/C23H24ClN3O3S/c24-20-10-7-17(8-11-20)22-25-23(30-26-22)19-6-3-13-27(15-19)31(28,29)21-12-9-16-4-1-2-5-18(16)14-21/h7-12,14,19H,1-6,13,15H2/t19-/m0/s1. The fourth-order valence-corrected chi connectivity index (χ4v) is 6.20. The highest BCUT2D eigenvalue weighted by Crippen LogP contribution is 2.32. The van der Waals surface area contributed by atoms with Crippen LogP contribution in [0.25, 0.3) is 11.4 Å². The molecule has 2 aliphatic rings. The molecule has 31 heavy (non-hydrogen) atoms. The van der Waals surface area contributed by atoms with E-state index in [2.05, 4.69) is 10.1 Å². The van der Waals surface area contributed by atoms with Crippen LogP contribution >= 0.6 is 11.6 Å². The molecular weight excluding hydrogens is 434 g/mol. The van der Waals surface area contributed by atoms with Gasteiger partial charge in [-0.2, -0.15) is 9.29 Å². The van der Waals surface area contributed by atoms with Crippen molar-refractivity contribution in [1.82, 2.24) is 14.4 Å². The zero-order chi connectivity index (χ0) is 21.4. The molecule has 1 fully saturated rings. The number of piperidine rings is 1. The lowest BCUT2D eigenvalue weighted by atomic mass is 9.92. The number of halogens is 1. The molecule has 3 aromatic rings. The molecule has 0 saturated carbocycles. The van der Waals surface area contributed by atoms with Gasteiger partial charge in [0.25, 0.3) is 0 Å². The predicted molar refractivity (Wildman–Crippen MR) is 119 cm³/mol. The minimum absolute atomic E-state index is 0.116. The number of hydrogen-bond donors (Lipinski definition) is 0. The van der Waals surface area contributed by atoms with E-state index in [0.717, 1.165) is 37.7 Å². The normalized spacial score (nSPS) is 19.8. The number of fused-ring (bicyclic) bond motifs is 1. The second-order valence-electron chi connectivity index (χ2n) is 8.30. The number of rotatable bonds is 4. The van der Waals surface area contributed by atoms with Gasteiger partial charge in [0.2, 0.25) is 21.7 Å². The van der Waals surface area contributed by atoms with Crippen LogP contribution in [0.15, 0.2) is 51.9 Å². The molecule has 162 valence electrons. The van der Waals surface area contributed by atoms with Crippen LogP contribution in [0.4, 0.5) is 0 Å². The third-order valence-electron chi connectivity index (χ3n) is 6.24. The molecule has 6 nitrogen and oxygen atoms in total. The van der Waals surface area contributed by atoms with Crippen LogP contribution in [0.5, 0.6) is 0 Å². The summed E-state index contributed by atoms with van der Waals surface area (Å²) < 4.78 is 33.8. The molecule has 2 aromatic carbocycles. The molecule has 5 rings (SSSR count). The maximum Gasteiger partial charge on any atom is 0.243 e. The van der Waals surface area contributed by atoms with Gasteiger partial charge in [0, 0.05) is 23.7 Å². The number of hydrogen-bond acceptors (Lipinski definition) is 5. The highest BCUT2D eigenvalue weighted by Gasteiger charge is 2.33. The zero-order valence-corrected chi connectivity index (χ0v) is 18.7. The van der Waals surface area contributed by atoms with E-state index < -0.39 is 10.0 Å². The quantitative estimate of drug-likeness (QED) is 0.560. The van der Waals surface area contributed by atoms with Crippen molar-refractivity contribution >= 4 is 21.6 Å². The molecule has 2 heterocycles. The summed E-state index contributed by atoms with van der Waals surface area (Å²) in [5.41, 5.74) is 3.27. The molecule has 1 aliphatic heterocycles. The van der Waals surface area contributed by atoms with E-state index in [1.165, 1.54) is 17.5 Å². The van der Waals surface area contributed by atoms with Crippen LogP contribution < -0.4 is 0 Å². The average molecular weight is 458 g/mol. The van der Waals surface area contributed by atoms with Gasteiger partial charge in [0.05, 0.1) is 10.8 Å². The molecule has 1 atom stereocenters. The van der Waals surface area contributed by atoms with Gasteiger partial charge in [-0.15, -0.1) is 0 Å². The first-order valence-corrected chi connectivity index (χ1v) is 12.5. The lowest BCUT2D eigenvalue weighted by molar-refractivity contribution is 0.265. The van der Waals surface area contributed by atoms with Crippen molar-refractivity contribution < 1.29 is 12.9 Å². The van der Waals surface area contributed by atoms with Crippen molar-refractivity contribution in [3.63, 3.8) is 0 Å². The van der Waals surface area contributed by atoms with Crippen molar-refractivity contribution in [1.29, 1.82) is 0 Å². The Labute approximate surface area is 187 Å². The first kappa shape index (κ1) is 20.7. The van der Waals surface area contributed by atoms with Gasteiger partial charge in [0.15, 0.2) is 0 Å². The second kappa shape index (κ2) is 8.37. The van der Waals surface area contributed by atoms with E-state index in [-0.39, 0.29) is 5.92 Å². The minimum atomic E-state index is -3.56. The first-order chi connectivity index (χ1) is 15.0. The molecule has 1 aliphatic carbocycles. The third kappa shape index (κ3) is 4.14. The molecule has 1 aromatic heterocycles. The maximum absolute atomic E-state index is 13.4. The van der Waals surface area contributed by atoms with Crippen LogP contribution in [0.2, 0.25) is 5.02 Å². The van der Waals surface area contributed by atoms with Crippen molar-refractivity contribution in [2.75, 3.05) is 13.1 Å². The summed E-state index contributed by atoms with van der Waals surface area (Å²) in [6.07, 6.45) is 5.86. The molecule has 0 spiro atoms. The zero-order valence-electron chi connectivity index (χ0n) is 17.1. The van der Waals surface area contributed by atoms with Crippen LogP contribution in [0.3, 0.4) is 0 Å². The topological polar surface area (TPSA) is 76.3 Å². The summed E-state index contributed by atoms with van der Waals surface area (Å²) in [4.78, 5) is 4.93. The Bertz CT molecular complexity index is 1190. The first-order valence-electron chi connectivity index (χ1n) is 10.7. The number of sulfonamides is 1. The average Bonchev–Trinajstić information content (AvgIpc) is 3.30. The Kier molecular flexibility index (Phi) is 5.58. The Morgan fingerprint density at radius 1 is 1.00 bits per heavy atom. The van der Waals surface area contributed by atoms with Gasteiger partial charge in [-0.25, -0.2) is 8.42 Å². The fraction of sp³-hybridized carbons (Fsp3) is 0.391. The highest BCUT2D eigenvalue weighted by molar-refractivity contribution is 7.89. The van der Waals surface area contributed by atoms with Gasteiger partial charge in [-0.1, -0.05) is 22.8 Å². The van der Waals surface area contributed by atoms with Gasteiger partial charge in [0.1, 0.15) is 0 Å². The van der Waals surface area contributed by atoms with Crippen LogP contribution in [-0.4, -0.2) is 36.0 Å². The van der Waals surface area contributed by atoms with Gasteiger partial charge in [-0.05, 0) is 86.1 Å². The van der Waals surface area contributed by atoms with Gasteiger partial charge in [-0.3, -0.25) is 0 Å². The van der Waals surface area contributed by atoms with E-state index in [9.17, 15) is 8.42 Å². The summed E-state index contributed by atoms with van der Waals surface area (Å²) in [7, 11) is -3.56. The Morgan fingerprint density at radius 3 is 2.58 bits per heavy atom. The maximum atomic E-state index is 13.4. The van der Waals surface area contributed by atoms with Crippen molar-refractivity contribution in [2.24, 2.45) is 0 Å². The monoisotopic (exact) mass is 457 g/mol. The lowest BCUT2D eigenvalue weighted by Crippen LogP contribution is -2.39. The summed E-state index contributed by atoms with van der Waals surface area (Å²) in [6, 6.07) is 12.8. The molecule has 0 radical (unpaired) electrons. The smallest absolute Gasteiger partial charge is 0.243 e. The summed E-state index contributed by atoms with van der Waals surface area (Å²) >= 11 is 5.95. The van der Waals surface area contributed by atoms with Crippen molar-refractivity contribution in [3.8, 4) is 11.4 Å². The SMILES string of the molecule is O=S(=O)(c1ccc2c(c1)CCCC2)N1CCC[C@H](c2nc(-c3ccc(Cl)cc3)no2)C1. The molecule has 0 amide bonds. The third-order valence-corrected chi connectivity index (χ3v) is 8.35. The van der Waals surface area contributed by atoms with E-state index in [0.29, 0.717) is 34.7 Å².